The number of aryl methyl sites for hydroxylation is 1. The minimum Gasteiger partial charge on any atom is -0.487 e. The van der Waals surface area contributed by atoms with Gasteiger partial charge < -0.3 is 24.2 Å². The first-order valence-electron chi connectivity index (χ1n) is 13.6. The van der Waals surface area contributed by atoms with Crippen LogP contribution in [0.5, 0.6) is 5.75 Å². The van der Waals surface area contributed by atoms with Crippen LogP contribution >= 0.6 is 11.6 Å². The van der Waals surface area contributed by atoms with Gasteiger partial charge in [-0.05, 0) is 85.4 Å². The van der Waals surface area contributed by atoms with Gasteiger partial charge in [-0.3, -0.25) is 0 Å². The van der Waals surface area contributed by atoms with Crippen LogP contribution < -0.4 is 9.64 Å². The highest BCUT2D eigenvalue weighted by Crippen LogP contribution is 2.43. The molecule has 6 nitrogen and oxygen atoms in total. The van der Waals surface area contributed by atoms with E-state index in [4.69, 9.17) is 25.8 Å². The molecule has 2 aliphatic heterocycles. The number of rotatable bonds is 4. The minimum atomic E-state index is -0.350. The molecule has 2 aromatic carbocycles. The Kier molecular flexibility index (Phi) is 8.28. The Bertz CT molecular complexity index is 1110. The smallest absolute Gasteiger partial charge is 0.337 e. The van der Waals surface area contributed by atoms with Crippen molar-refractivity contribution in [3.8, 4) is 5.75 Å². The SMILES string of the molecule is COC(=O)c1ccc2c(c1)N(C[C@@H]1CC[C@H]1[C@H]1C[C@H](O)[C@@H](C)CO1)CCCCc1cc(Cl)ccc1CO2. The van der Waals surface area contributed by atoms with E-state index in [2.05, 4.69) is 17.9 Å². The second kappa shape index (κ2) is 11.6. The van der Waals surface area contributed by atoms with Gasteiger partial charge in [0.25, 0.3) is 0 Å². The molecule has 2 heterocycles. The highest BCUT2D eigenvalue weighted by atomic mass is 35.5. The van der Waals surface area contributed by atoms with Crippen molar-refractivity contribution in [1.29, 1.82) is 0 Å². The topological polar surface area (TPSA) is 68.2 Å². The number of hydrogen-bond donors (Lipinski definition) is 1. The van der Waals surface area contributed by atoms with E-state index in [1.807, 2.05) is 24.3 Å². The molecule has 0 unspecified atom stereocenters. The summed E-state index contributed by atoms with van der Waals surface area (Å²) >= 11 is 6.30. The number of nitrogens with zero attached hydrogens (tertiary/aromatic N) is 1. The third-order valence-corrected chi connectivity index (χ3v) is 8.74. The molecule has 2 fully saturated rings. The lowest BCUT2D eigenvalue weighted by molar-refractivity contribution is -0.124. The van der Waals surface area contributed by atoms with Crippen LogP contribution in [0.2, 0.25) is 5.02 Å². The van der Waals surface area contributed by atoms with Gasteiger partial charge >= 0.3 is 5.97 Å². The first kappa shape index (κ1) is 26.3. The maximum Gasteiger partial charge on any atom is 0.337 e. The van der Waals surface area contributed by atoms with E-state index < -0.39 is 0 Å². The van der Waals surface area contributed by atoms with Crippen molar-refractivity contribution >= 4 is 23.3 Å². The van der Waals surface area contributed by atoms with Gasteiger partial charge in [0, 0.05) is 30.5 Å². The lowest BCUT2D eigenvalue weighted by atomic mass is 9.68. The number of carbonyl (C=O) groups excluding carboxylic acids is 1. The molecule has 2 aromatic rings. The van der Waals surface area contributed by atoms with E-state index in [9.17, 15) is 9.90 Å². The van der Waals surface area contributed by atoms with Crippen molar-refractivity contribution in [1.82, 2.24) is 0 Å². The number of fused-ring (bicyclic) bond motifs is 2. The fourth-order valence-corrected chi connectivity index (χ4v) is 6.20. The van der Waals surface area contributed by atoms with E-state index in [1.165, 1.54) is 12.7 Å². The summed E-state index contributed by atoms with van der Waals surface area (Å²) in [4.78, 5) is 14.8. The largest absolute Gasteiger partial charge is 0.487 e. The second-order valence-corrected chi connectivity index (χ2v) is 11.4. The lowest BCUT2D eigenvalue weighted by Gasteiger charge is -2.47. The van der Waals surface area contributed by atoms with Gasteiger partial charge in [-0.15, -0.1) is 0 Å². The third kappa shape index (κ3) is 5.92. The molecular weight excluding hydrogens is 490 g/mol. The first-order chi connectivity index (χ1) is 17.9. The van der Waals surface area contributed by atoms with E-state index in [1.54, 1.807) is 6.07 Å². The molecule has 5 atom stereocenters. The Hall–Kier alpha value is -2.28. The van der Waals surface area contributed by atoms with Crippen molar-refractivity contribution in [3.63, 3.8) is 0 Å². The van der Waals surface area contributed by atoms with Crippen LogP contribution in [0.1, 0.15) is 60.5 Å². The number of anilines is 1. The molecule has 0 aromatic heterocycles. The number of benzene rings is 2. The van der Waals surface area contributed by atoms with Crippen molar-refractivity contribution in [2.45, 2.75) is 64.3 Å². The summed E-state index contributed by atoms with van der Waals surface area (Å²) in [6.07, 6.45) is 5.83. The molecule has 37 heavy (non-hydrogen) atoms. The summed E-state index contributed by atoms with van der Waals surface area (Å²) < 4.78 is 17.6. The standard InChI is InChI=1S/C30H38ClNO5/c1-19-17-36-29(15-27(19)33)25-10-7-22(25)16-32-12-4-3-5-20-13-24(31)9-6-23(20)18-37-28-11-8-21(14-26(28)32)30(34)35-2/h6,8-9,11,13-14,19,22,25,27,29,33H,3-5,7,10,12,15-18H2,1-2H3/t19-,22-,25+,27-,29+/m0/s1. The quantitative estimate of drug-likeness (QED) is 0.517. The molecule has 1 N–H and O–H groups in total. The first-order valence-corrected chi connectivity index (χ1v) is 14.0. The monoisotopic (exact) mass is 527 g/mol. The van der Waals surface area contributed by atoms with Gasteiger partial charge in [0.1, 0.15) is 12.4 Å². The Labute approximate surface area is 224 Å². The van der Waals surface area contributed by atoms with E-state index >= 15 is 0 Å². The number of aliphatic hydroxyl groups excluding tert-OH is 1. The summed E-state index contributed by atoms with van der Waals surface area (Å²) in [5.41, 5.74) is 3.83. The molecule has 1 saturated heterocycles. The van der Waals surface area contributed by atoms with Crippen molar-refractivity contribution in [2.75, 3.05) is 31.7 Å². The highest BCUT2D eigenvalue weighted by molar-refractivity contribution is 6.30. The Morgan fingerprint density at radius 2 is 2.03 bits per heavy atom. The van der Waals surface area contributed by atoms with E-state index in [0.717, 1.165) is 73.6 Å². The molecule has 200 valence electrons. The normalized spacial score (nSPS) is 28.1. The predicted octanol–water partition coefficient (Wildman–Crippen LogP) is 5.66. The molecule has 0 bridgehead atoms. The summed E-state index contributed by atoms with van der Waals surface area (Å²) in [6.45, 7) is 4.86. The minimum absolute atomic E-state index is 0.116. The molecule has 3 aliphatic rings. The molecular formula is C30H38ClNO5. The molecule has 0 radical (unpaired) electrons. The van der Waals surface area contributed by atoms with Gasteiger partial charge in [-0.25, -0.2) is 4.79 Å². The maximum absolute atomic E-state index is 12.4. The zero-order chi connectivity index (χ0) is 25.9. The van der Waals surface area contributed by atoms with Crippen LogP contribution in [-0.2, 0) is 22.5 Å². The van der Waals surface area contributed by atoms with Gasteiger partial charge in [0.05, 0.1) is 37.2 Å². The Morgan fingerprint density at radius 3 is 2.78 bits per heavy atom. The lowest BCUT2D eigenvalue weighted by Crippen LogP contribution is -2.48. The molecule has 1 aliphatic carbocycles. The average Bonchev–Trinajstić information content (AvgIpc) is 2.91. The van der Waals surface area contributed by atoms with E-state index in [-0.39, 0.29) is 24.1 Å². The number of hydrogen-bond acceptors (Lipinski definition) is 6. The number of halogens is 1. The zero-order valence-electron chi connectivity index (χ0n) is 21.8. The number of carbonyl (C=O) groups is 1. The van der Waals surface area contributed by atoms with Gasteiger partial charge in [0.15, 0.2) is 0 Å². The van der Waals surface area contributed by atoms with Crippen molar-refractivity contribution in [3.05, 3.63) is 58.1 Å². The van der Waals surface area contributed by atoms with Gasteiger partial charge in [-0.2, -0.15) is 0 Å². The van der Waals surface area contributed by atoms with Crippen LogP contribution in [0, 0.1) is 17.8 Å². The summed E-state index contributed by atoms with van der Waals surface area (Å²) in [5.74, 6) is 1.53. The summed E-state index contributed by atoms with van der Waals surface area (Å²) in [6, 6.07) is 11.6. The zero-order valence-corrected chi connectivity index (χ0v) is 22.6. The molecule has 1 saturated carbocycles. The van der Waals surface area contributed by atoms with Gasteiger partial charge in [0.2, 0.25) is 0 Å². The van der Waals surface area contributed by atoms with Gasteiger partial charge in [-0.1, -0.05) is 24.6 Å². The summed E-state index contributed by atoms with van der Waals surface area (Å²) in [7, 11) is 1.41. The van der Waals surface area contributed by atoms with Crippen LogP contribution in [0.3, 0.4) is 0 Å². The van der Waals surface area contributed by atoms with Crippen molar-refractivity contribution < 1.29 is 24.1 Å². The number of ether oxygens (including phenoxy) is 3. The fraction of sp³-hybridized carbons (Fsp3) is 0.567. The fourth-order valence-electron chi connectivity index (χ4n) is 6.00. The predicted molar refractivity (Wildman–Crippen MR) is 144 cm³/mol. The van der Waals surface area contributed by atoms with Crippen molar-refractivity contribution in [2.24, 2.45) is 17.8 Å². The molecule has 0 spiro atoms. The molecule has 0 amide bonds. The Balaban J connectivity index is 1.40. The highest BCUT2D eigenvalue weighted by Gasteiger charge is 2.42. The van der Waals surface area contributed by atoms with E-state index in [0.29, 0.717) is 30.6 Å². The third-order valence-electron chi connectivity index (χ3n) is 8.51. The molecule has 5 rings (SSSR count). The van der Waals surface area contributed by atoms with Crippen LogP contribution in [-0.4, -0.2) is 50.1 Å². The summed E-state index contributed by atoms with van der Waals surface area (Å²) in [5, 5.41) is 11.2. The van der Waals surface area contributed by atoms with Crippen LogP contribution in [0.15, 0.2) is 36.4 Å². The van der Waals surface area contributed by atoms with Crippen LogP contribution in [0.4, 0.5) is 5.69 Å². The van der Waals surface area contributed by atoms with Crippen LogP contribution in [0.25, 0.3) is 0 Å². The number of esters is 1. The number of methoxy groups -OCH3 is 1. The average molecular weight is 528 g/mol. The maximum atomic E-state index is 12.4. The number of aliphatic hydroxyl groups is 1. The molecule has 7 heteroatoms. The second-order valence-electron chi connectivity index (χ2n) is 10.9. The Morgan fingerprint density at radius 1 is 1.16 bits per heavy atom.